The molecule has 0 radical (unpaired) electrons. The molecule has 0 aliphatic heterocycles. The SMILES string of the molecule is Nc1ccc(N(C(=O)NCCCOc2ccc(Br)cc2Cl)c2ccccc2)cc1. The number of carbonyl (C=O) groups excluding carboxylic acids is 1. The van der Waals surface area contributed by atoms with E-state index in [2.05, 4.69) is 21.2 Å². The molecule has 0 aromatic heterocycles. The number of benzene rings is 3. The van der Waals surface area contributed by atoms with Gasteiger partial charge in [-0.1, -0.05) is 45.7 Å². The van der Waals surface area contributed by atoms with Gasteiger partial charge >= 0.3 is 6.03 Å². The monoisotopic (exact) mass is 473 g/mol. The van der Waals surface area contributed by atoms with Crippen molar-refractivity contribution in [3.8, 4) is 5.75 Å². The third kappa shape index (κ3) is 5.89. The lowest BCUT2D eigenvalue weighted by atomic mass is 10.2. The Morgan fingerprint density at radius 3 is 2.41 bits per heavy atom. The maximum Gasteiger partial charge on any atom is 0.326 e. The summed E-state index contributed by atoms with van der Waals surface area (Å²) in [4.78, 5) is 14.5. The summed E-state index contributed by atoms with van der Waals surface area (Å²) in [5.41, 5.74) is 7.93. The summed E-state index contributed by atoms with van der Waals surface area (Å²) < 4.78 is 6.58. The Morgan fingerprint density at radius 1 is 1.03 bits per heavy atom. The first kappa shape index (κ1) is 21.0. The van der Waals surface area contributed by atoms with Gasteiger partial charge in [-0.25, -0.2) is 4.79 Å². The van der Waals surface area contributed by atoms with Crippen molar-refractivity contribution in [3.05, 3.63) is 82.3 Å². The number of nitrogens with two attached hydrogens (primary N) is 1. The van der Waals surface area contributed by atoms with Crippen LogP contribution in [0.3, 0.4) is 0 Å². The van der Waals surface area contributed by atoms with Crippen LogP contribution in [0.15, 0.2) is 77.3 Å². The molecule has 29 heavy (non-hydrogen) atoms. The van der Waals surface area contributed by atoms with Crippen molar-refractivity contribution in [2.24, 2.45) is 0 Å². The lowest BCUT2D eigenvalue weighted by molar-refractivity contribution is 0.246. The Labute approximate surface area is 183 Å². The van der Waals surface area contributed by atoms with E-state index < -0.39 is 0 Å². The molecular formula is C22H21BrClN3O2. The second-order valence-electron chi connectivity index (χ2n) is 6.27. The number of nitrogens with one attached hydrogen (secondary N) is 1. The van der Waals surface area contributed by atoms with Crippen LogP contribution in [0, 0.1) is 0 Å². The number of amides is 2. The third-order valence-electron chi connectivity index (χ3n) is 4.12. The van der Waals surface area contributed by atoms with Crippen molar-refractivity contribution in [2.45, 2.75) is 6.42 Å². The number of rotatable bonds is 7. The van der Waals surface area contributed by atoms with Crippen LogP contribution in [-0.4, -0.2) is 19.2 Å². The minimum atomic E-state index is -0.220. The van der Waals surface area contributed by atoms with Crippen LogP contribution in [0.4, 0.5) is 21.9 Å². The molecule has 0 unspecified atom stereocenters. The molecule has 2 amide bonds. The number of urea groups is 1. The van der Waals surface area contributed by atoms with E-state index in [9.17, 15) is 4.79 Å². The van der Waals surface area contributed by atoms with Crippen molar-refractivity contribution < 1.29 is 9.53 Å². The highest BCUT2D eigenvalue weighted by Gasteiger charge is 2.17. The Morgan fingerprint density at radius 2 is 1.72 bits per heavy atom. The van der Waals surface area contributed by atoms with E-state index in [0.29, 0.717) is 36.0 Å². The number of anilines is 3. The van der Waals surface area contributed by atoms with Gasteiger partial charge in [0.15, 0.2) is 0 Å². The van der Waals surface area contributed by atoms with E-state index >= 15 is 0 Å². The molecule has 3 aromatic rings. The Kier molecular flexibility index (Phi) is 7.38. The van der Waals surface area contributed by atoms with Crippen molar-refractivity contribution >= 4 is 50.6 Å². The first-order chi connectivity index (χ1) is 14.0. The van der Waals surface area contributed by atoms with Crippen LogP contribution in [0.2, 0.25) is 5.02 Å². The van der Waals surface area contributed by atoms with Crippen molar-refractivity contribution in [2.75, 3.05) is 23.8 Å². The van der Waals surface area contributed by atoms with E-state index in [1.165, 1.54) is 0 Å². The summed E-state index contributed by atoms with van der Waals surface area (Å²) in [7, 11) is 0. The summed E-state index contributed by atoms with van der Waals surface area (Å²) in [6, 6.07) is 21.9. The van der Waals surface area contributed by atoms with E-state index in [1.807, 2.05) is 54.6 Å². The fourth-order valence-corrected chi connectivity index (χ4v) is 3.43. The number of carbonyl (C=O) groups is 1. The van der Waals surface area contributed by atoms with Gasteiger partial charge in [0.25, 0.3) is 0 Å². The third-order valence-corrected chi connectivity index (χ3v) is 4.91. The van der Waals surface area contributed by atoms with E-state index in [-0.39, 0.29) is 6.03 Å². The zero-order valence-corrected chi connectivity index (χ0v) is 18.0. The predicted molar refractivity (Wildman–Crippen MR) is 122 cm³/mol. The maximum absolute atomic E-state index is 12.9. The van der Waals surface area contributed by atoms with Gasteiger partial charge in [-0.15, -0.1) is 0 Å². The number of halogens is 2. The average Bonchev–Trinajstić information content (AvgIpc) is 2.72. The number of nitrogens with zero attached hydrogens (tertiary/aromatic N) is 1. The van der Waals surface area contributed by atoms with Gasteiger partial charge in [0.2, 0.25) is 0 Å². The summed E-state index contributed by atoms with van der Waals surface area (Å²) >= 11 is 9.50. The van der Waals surface area contributed by atoms with Crippen LogP contribution in [0.1, 0.15) is 6.42 Å². The standard InChI is InChI=1S/C22H21BrClN3O2/c23-16-7-12-21(20(24)15-16)29-14-4-13-26-22(28)27(18-5-2-1-3-6-18)19-10-8-17(25)9-11-19/h1-3,5-12,15H,4,13-14,25H2,(H,26,28). The molecule has 0 aliphatic rings. The first-order valence-electron chi connectivity index (χ1n) is 9.11. The normalized spacial score (nSPS) is 10.4. The molecule has 3 aromatic carbocycles. The van der Waals surface area contributed by atoms with Crippen LogP contribution < -0.4 is 20.7 Å². The number of hydrogen-bond acceptors (Lipinski definition) is 3. The fraction of sp³-hybridized carbons (Fsp3) is 0.136. The lowest BCUT2D eigenvalue weighted by Crippen LogP contribution is -2.37. The zero-order valence-electron chi connectivity index (χ0n) is 15.6. The molecular weight excluding hydrogens is 454 g/mol. The van der Waals surface area contributed by atoms with Crippen LogP contribution in [0.5, 0.6) is 5.75 Å². The molecule has 7 heteroatoms. The molecule has 0 atom stereocenters. The van der Waals surface area contributed by atoms with Crippen LogP contribution in [-0.2, 0) is 0 Å². The first-order valence-corrected chi connectivity index (χ1v) is 10.3. The average molecular weight is 475 g/mol. The molecule has 0 heterocycles. The lowest BCUT2D eigenvalue weighted by Gasteiger charge is -2.23. The van der Waals surface area contributed by atoms with Crippen molar-refractivity contribution in [1.82, 2.24) is 5.32 Å². The van der Waals surface area contributed by atoms with E-state index in [0.717, 1.165) is 15.8 Å². The highest BCUT2D eigenvalue weighted by molar-refractivity contribution is 9.10. The Balaban J connectivity index is 1.58. The van der Waals surface area contributed by atoms with Crippen LogP contribution in [0.25, 0.3) is 0 Å². The summed E-state index contributed by atoms with van der Waals surface area (Å²) in [5.74, 6) is 0.619. The van der Waals surface area contributed by atoms with Gasteiger partial charge in [0, 0.05) is 16.7 Å². The minimum absolute atomic E-state index is 0.220. The molecule has 0 saturated carbocycles. The van der Waals surface area contributed by atoms with E-state index in [1.54, 1.807) is 23.1 Å². The maximum atomic E-state index is 12.9. The molecule has 150 valence electrons. The zero-order chi connectivity index (χ0) is 20.6. The second kappa shape index (κ2) is 10.2. The fourth-order valence-electron chi connectivity index (χ4n) is 2.70. The molecule has 0 bridgehead atoms. The Bertz CT molecular complexity index is 952. The molecule has 3 N–H and O–H groups in total. The van der Waals surface area contributed by atoms with Gasteiger partial charge < -0.3 is 15.8 Å². The van der Waals surface area contributed by atoms with Crippen LogP contribution >= 0.6 is 27.5 Å². The highest BCUT2D eigenvalue weighted by atomic mass is 79.9. The smallest absolute Gasteiger partial charge is 0.326 e. The molecule has 5 nitrogen and oxygen atoms in total. The molecule has 3 rings (SSSR count). The largest absolute Gasteiger partial charge is 0.492 e. The van der Waals surface area contributed by atoms with Gasteiger partial charge in [-0.2, -0.15) is 0 Å². The summed E-state index contributed by atoms with van der Waals surface area (Å²) in [6.45, 7) is 0.903. The quantitative estimate of drug-likeness (QED) is 0.326. The molecule has 0 spiro atoms. The van der Waals surface area contributed by atoms with Crippen molar-refractivity contribution in [1.29, 1.82) is 0 Å². The summed E-state index contributed by atoms with van der Waals surface area (Å²) in [6.07, 6.45) is 0.641. The number of hydrogen-bond donors (Lipinski definition) is 2. The number of para-hydroxylation sites is 1. The van der Waals surface area contributed by atoms with E-state index in [4.69, 9.17) is 22.1 Å². The number of nitrogen functional groups attached to an aromatic ring is 1. The van der Waals surface area contributed by atoms with Gasteiger partial charge in [0.1, 0.15) is 5.75 Å². The van der Waals surface area contributed by atoms with Crippen molar-refractivity contribution in [3.63, 3.8) is 0 Å². The molecule has 0 saturated heterocycles. The number of ether oxygens (including phenoxy) is 1. The van der Waals surface area contributed by atoms with Gasteiger partial charge in [-0.3, -0.25) is 4.90 Å². The molecule has 0 fully saturated rings. The molecule has 0 aliphatic carbocycles. The highest BCUT2D eigenvalue weighted by Crippen LogP contribution is 2.28. The minimum Gasteiger partial charge on any atom is -0.492 e. The Hall–Kier alpha value is -2.70. The van der Waals surface area contributed by atoms with Gasteiger partial charge in [0.05, 0.1) is 23.0 Å². The van der Waals surface area contributed by atoms with Gasteiger partial charge in [-0.05, 0) is 61.0 Å². The predicted octanol–water partition coefficient (Wildman–Crippen LogP) is 6.00. The summed E-state index contributed by atoms with van der Waals surface area (Å²) in [5, 5.41) is 3.48. The second-order valence-corrected chi connectivity index (χ2v) is 7.59. The topological polar surface area (TPSA) is 67.6 Å².